The number of hydrogen-bond donors (Lipinski definition) is 2. The van der Waals surface area contributed by atoms with Gasteiger partial charge in [0.1, 0.15) is 18.5 Å². The average molecular weight is 513 g/mol. The van der Waals surface area contributed by atoms with Crippen molar-refractivity contribution in [2.45, 2.75) is 52.1 Å². The van der Waals surface area contributed by atoms with Gasteiger partial charge in [0.05, 0.1) is 12.1 Å². The van der Waals surface area contributed by atoms with Crippen LogP contribution in [-0.2, 0) is 20.3 Å². The van der Waals surface area contributed by atoms with E-state index in [4.69, 9.17) is 14.6 Å². The zero-order valence-electron chi connectivity index (χ0n) is 20.8. The van der Waals surface area contributed by atoms with Gasteiger partial charge in [0.15, 0.2) is 0 Å². The summed E-state index contributed by atoms with van der Waals surface area (Å²) in [6.45, 7) is 6.39. The second kappa shape index (κ2) is 12.8. The third-order valence-corrected chi connectivity index (χ3v) is 7.07. The van der Waals surface area contributed by atoms with E-state index in [0.29, 0.717) is 12.8 Å². The highest BCUT2D eigenvalue weighted by Gasteiger charge is 2.26. The number of nitrogens with zero attached hydrogens (tertiary/aromatic N) is 1. The Morgan fingerprint density at radius 2 is 1.75 bits per heavy atom. The summed E-state index contributed by atoms with van der Waals surface area (Å²) in [6, 6.07) is 16.4. The maximum atomic E-state index is 13.7. The summed E-state index contributed by atoms with van der Waals surface area (Å²) < 4.78 is 31.2. The highest BCUT2D eigenvalue weighted by molar-refractivity contribution is 7.39. The summed E-state index contributed by atoms with van der Waals surface area (Å²) in [5.41, 5.74) is 6.78. The van der Waals surface area contributed by atoms with Gasteiger partial charge in [0, 0.05) is 11.3 Å². The molecule has 2 aromatic carbocycles. The van der Waals surface area contributed by atoms with Crippen LogP contribution in [0.15, 0.2) is 54.6 Å². The molecule has 1 unspecified atom stereocenters. The first-order valence-electron chi connectivity index (χ1n) is 12.0. The number of aliphatic hydroxyl groups is 1. The molecule has 36 heavy (non-hydrogen) atoms. The third kappa shape index (κ3) is 7.26. The molecule has 0 aliphatic rings. The van der Waals surface area contributed by atoms with E-state index in [9.17, 15) is 18.9 Å². The Kier molecular flexibility index (Phi) is 9.82. The fraction of sp³-hybridized carbons (Fsp3) is 0.357. The van der Waals surface area contributed by atoms with Crippen LogP contribution >= 0.6 is 8.03 Å². The van der Waals surface area contributed by atoms with E-state index in [2.05, 4.69) is 13.8 Å². The van der Waals surface area contributed by atoms with Gasteiger partial charge in [0.2, 0.25) is 6.16 Å². The predicted octanol–water partition coefficient (Wildman–Crippen LogP) is 6.51. The number of hydrogen-bond acceptors (Lipinski definition) is 5. The maximum Gasteiger partial charge on any atom is 0.510 e. The maximum absolute atomic E-state index is 13.7. The Balaban J connectivity index is 1.91. The standard InChI is InChI=1S/C28H31FNO5P/c1-18(2)27-24(10-7-15-35-36(34)17-23(31)16-25(32)33)26(20-11-13-22(29)14-12-20)19(3)28(30-27)21-8-5-4-6-9-21/h4-6,8-9,11-14,18,23,31H,7,10,15-17H2,1-3H3/p+1/t23-/m0/s1. The smallest absolute Gasteiger partial charge is 0.481 e. The van der Waals surface area contributed by atoms with Gasteiger partial charge in [-0.25, -0.2) is 4.39 Å². The zero-order chi connectivity index (χ0) is 26.2. The molecule has 8 heteroatoms. The van der Waals surface area contributed by atoms with Gasteiger partial charge in [-0.05, 0) is 64.6 Å². The lowest BCUT2D eigenvalue weighted by molar-refractivity contribution is -0.138. The molecule has 0 fully saturated rings. The molecule has 0 bridgehead atoms. The largest absolute Gasteiger partial charge is 0.510 e. The highest BCUT2D eigenvalue weighted by Crippen LogP contribution is 2.38. The van der Waals surface area contributed by atoms with E-state index >= 15 is 0 Å². The van der Waals surface area contributed by atoms with Crippen molar-refractivity contribution in [1.82, 2.24) is 4.98 Å². The molecule has 1 heterocycles. The fourth-order valence-corrected chi connectivity index (χ4v) is 5.18. The summed E-state index contributed by atoms with van der Waals surface area (Å²) in [6.07, 6.45) is -0.741. The first-order chi connectivity index (χ1) is 17.2. The van der Waals surface area contributed by atoms with Crippen LogP contribution in [0.25, 0.3) is 22.4 Å². The Hall–Kier alpha value is -2.99. The molecular weight excluding hydrogens is 480 g/mol. The number of rotatable bonds is 12. The number of carbonyl (C=O) groups is 1. The molecule has 2 N–H and O–H groups in total. The lowest BCUT2D eigenvalue weighted by Crippen LogP contribution is -2.15. The quantitative estimate of drug-likeness (QED) is 0.212. The Morgan fingerprint density at radius 3 is 2.36 bits per heavy atom. The summed E-state index contributed by atoms with van der Waals surface area (Å²) in [5.74, 6) is -1.32. The second-order valence-corrected chi connectivity index (χ2v) is 10.3. The number of aliphatic carboxylic acids is 1. The van der Waals surface area contributed by atoms with Crippen LogP contribution in [0.2, 0.25) is 0 Å². The summed E-state index contributed by atoms with van der Waals surface area (Å²) in [7, 11) is -2.17. The molecule has 0 saturated carbocycles. The van der Waals surface area contributed by atoms with Crippen molar-refractivity contribution in [1.29, 1.82) is 0 Å². The summed E-state index contributed by atoms with van der Waals surface area (Å²) in [5, 5.41) is 18.4. The minimum atomic E-state index is -2.17. The molecule has 3 aromatic rings. The molecule has 0 amide bonds. The Bertz CT molecular complexity index is 1200. The minimum absolute atomic E-state index is 0.131. The Morgan fingerprint density at radius 1 is 1.08 bits per heavy atom. The first kappa shape index (κ1) is 27.6. The molecule has 190 valence electrons. The number of aliphatic hydroxyl groups excluding tert-OH is 1. The van der Waals surface area contributed by atoms with Gasteiger partial charge in [-0.2, -0.15) is 0 Å². The predicted molar refractivity (Wildman–Crippen MR) is 139 cm³/mol. The molecule has 0 saturated heterocycles. The molecule has 0 radical (unpaired) electrons. The number of halogens is 1. The van der Waals surface area contributed by atoms with Crippen LogP contribution in [0.3, 0.4) is 0 Å². The first-order valence-corrected chi connectivity index (χ1v) is 13.4. The molecule has 3 rings (SSSR count). The van der Waals surface area contributed by atoms with Crippen LogP contribution in [0.4, 0.5) is 4.39 Å². The van der Waals surface area contributed by atoms with Crippen molar-refractivity contribution < 1.29 is 28.5 Å². The number of carboxylic acids is 1. The van der Waals surface area contributed by atoms with E-state index in [1.165, 1.54) is 12.1 Å². The lowest BCUT2D eigenvalue weighted by Gasteiger charge is -2.22. The van der Waals surface area contributed by atoms with Crippen molar-refractivity contribution in [2.75, 3.05) is 12.8 Å². The average Bonchev–Trinajstić information content (AvgIpc) is 2.82. The van der Waals surface area contributed by atoms with Gasteiger partial charge >= 0.3 is 14.0 Å². The molecule has 0 aliphatic carbocycles. The molecule has 1 aromatic heterocycles. The van der Waals surface area contributed by atoms with E-state index in [0.717, 1.165) is 39.2 Å². The number of benzene rings is 2. The third-order valence-electron chi connectivity index (χ3n) is 5.88. The van der Waals surface area contributed by atoms with Gasteiger partial charge < -0.3 is 10.2 Å². The van der Waals surface area contributed by atoms with Crippen molar-refractivity contribution in [2.24, 2.45) is 0 Å². The van der Waals surface area contributed by atoms with Crippen molar-refractivity contribution in [3.05, 3.63) is 77.2 Å². The SMILES string of the molecule is Cc1c(-c2ccccc2)nc(C(C)C)c(CCCO[P+](=O)C[C@@H](O)CC(=O)O)c1-c1ccc(F)cc1. The van der Waals surface area contributed by atoms with Gasteiger partial charge in [-0.1, -0.05) is 56.3 Å². The van der Waals surface area contributed by atoms with Gasteiger partial charge in [0.25, 0.3) is 0 Å². The van der Waals surface area contributed by atoms with Crippen LogP contribution in [0, 0.1) is 12.7 Å². The second-order valence-electron chi connectivity index (χ2n) is 9.06. The summed E-state index contributed by atoms with van der Waals surface area (Å²) >= 11 is 0. The van der Waals surface area contributed by atoms with Crippen LogP contribution < -0.4 is 0 Å². The minimum Gasteiger partial charge on any atom is -0.481 e. The number of carboxylic acid groups (broad SMARTS) is 1. The molecular formula is C28H32FNO5P+. The topological polar surface area (TPSA) is 96.7 Å². The van der Waals surface area contributed by atoms with E-state index in [-0.39, 0.29) is 24.5 Å². The summed E-state index contributed by atoms with van der Waals surface area (Å²) in [4.78, 5) is 15.7. The van der Waals surface area contributed by atoms with Crippen molar-refractivity contribution in [3.8, 4) is 22.4 Å². The van der Waals surface area contributed by atoms with E-state index in [1.54, 1.807) is 12.1 Å². The fourth-order valence-electron chi connectivity index (χ4n) is 4.27. The number of aromatic nitrogens is 1. The van der Waals surface area contributed by atoms with Crippen LogP contribution in [-0.4, -0.2) is 40.0 Å². The molecule has 2 atom stereocenters. The van der Waals surface area contributed by atoms with Crippen LogP contribution in [0.1, 0.15) is 49.4 Å². The monoisotopic (exact) mass is 512 g/mol. The molecule has 6 nitrogen and oxygen atoms in total. The van der Waals surface area contributed by atoms with Crippen molar-refractivity contribution >= 4 is 14.0 Å². The van der Waals surface area contributed by atoms with Crippen molar-refractivity contribution in [3.63, 3.8) is 0 Å². The zero-order valence-corrected chi connectivity index (χ0v) is 21.7. The Labute approximate surface area is 212 Å². The van der Waals surface area contributed by atoms with E-state index < -0.39 is 26.5 Å². The normalized spacial score (nSPS) is 12.6. The van der Waals surface area contributed by atoms with Gasteiger partial charge in [-0.15, -0.1) is 4.52 Å². The van der Waals surface area contributed by atoms with Gasteiger partial charge in [-0.3, -0.25) is 9.78 Å². The number of pyridine rings is 1. The lowest BCUT2D eigenvalue weighted by atomic mass is 9.86. The highest BCUT2D eigenvalue weighted by atomic mass is 31.1. The molecule has 0 spiro atoms. The molecule has 0 aliphatic heterocycles. The van der Waals surface area contributed by atoms with Crippen LogP contribution in [0.5, 0.6) is 0 Å². The van der Waals surface area contributed by atoms with E-state index in [1.807, 2.05) is 37.3 Å².